The average molecular weight is 175 g/mol. The Kier molecular flexibility index (Phi) is 1.48. The van der Waals surface area contributed by atoms with Crippen LogP contribution in [0.25, 0.3) is 0 Å². The Morgan fingerprint density at radius 3 is 3.46 bits per heavy atom. The van der Waals surface area contributed by atoms with Crippen molar-refractivity contribution in [2.75, 3.05) is 6.54 Å². The van der Waals surface area contributed by atoms with Crippen molar-refractivity contribution in [1.82, 2.24) is 5.32 Å². The summed E-state index contributed by atoms with van der Waals surface area (Å²) in [6.45, 7) is 1.03. The molecular formula is C11H13NO. The Hall–Kier alpha value is -1.18. The monoisotopic (exact) mass is 175 g/mol. The highest BCUT2D eigenvalue weighted by Crippen LogP contribution is 2.35. The first-order valence-corrected chi connectivity index (χ1v) is 4.88. The predicted molar refractivity (Wildman–Crippen MR) is 50.8 cm³/mol. The summed E-state index contributed by atoms with van der Waals surface area (Å²) in [5.41, 5.74) is 1.35. The van der Waals surface area contributed by atoms with E-state index in [4.69, 9.17) is 4.74 Å². The van der Waals surface area contributed by atoms with E-state index < -0.39 is 0 Å². The number of hydrogen-bond acceptors (Lipinski definition) is 2. The van der Waals surface area contributed by atoms with Gasteiger partial charge in [0.25, 0.3) is 0 Å². The maximum absolute atomic E-state index is 5.63. The smallest absolute Gasteiger partial charge is 0.114 e. The quantitative estimate of drug-likeness (QED) is 0.603. The fourth-order valence-electron chi connectivity index (χ4n) is 2.41. The third-order valence-electron chi connectivity index (χ3n) is 3.12. The lowest BCUT2D eigenvalue weighted by atomic mass is 9.81. The van der Waals surface area contributed by atoms with Gasteiger partial charge in [0.1, 0.15) is 6.10 Å². The van der Waals surface area contributed by atoms with Crippen LogP contribution in [0.3, 0.4) is 0 Å². The second-order valence-corrected chi connectivity index (χ2v) is 3.87. The zero-order valence-electron chi connectivity index (χ0n) is 7.44. The molecule has 2 nitrogen and oxygen atoms in total. The Bertz CT molecular complexity index is 303. The lowest BCUT2D eigenvalue weighted by molar-refractivity contribution is 0.0729. The van der Waals surface area contributed by atoms with Crippen LogP contribution in [0.1, 0.15) is 6.42 Å². The summed E-state index contributed by atoms with van der Waals surface area (Å²) in [6, 6.07) is 0. The lowest BCUT2D eigenvalue weighted by Gasteiger charge is -2.36. The van der Waals surface area contributed by atoms with Crippen molar-refractivity contribution in [1.29, 1.82) is 0 Å². The molecule has 1 N–H and O–H groups in total. The summed E-state index contributed by atoms with van der Waals surface area (Å²) in [6.07, 6.45) is 12.1. The zero-order valence-corrected chi connectivity index (χ0v) is 7.44. The van der Waals surface area contributed by atoms with Gasteiger partial charge in [-0.3, -0.25) is 0 Å². The van der Waals surface area contributed by atoms with Gasteiger partial charge in [0.15, 0.2) is 0 Å². The molecule has 1 saturated heterocycles. The number of ether oxygens (including phenoxy) is 1. The third-order valence-corrected chi connectivity index (χ3v) is 3.12. The SMILES string of the molecule is C1=CCC2C(=C1)NCC1C=COC12. The minimum absolute atomic E-state index is 0.387. The van der Waals surface area contributed by atoms with Crippen LogP contribution in [-0.4, -0.2) is 12.6 Å². The van der Waals surface area contributed by atoms with Crippen molar-refractivity contribution in [3.05, 3.63) is 36.3 Å². The third kappa shape index (κ3) is 1.01. The summed E-state index contributed by atoms with van der Waals surface area (Å²) in [5.74, 6) is 1.13. The van der Waals surface area contributed by atoms with Crippen molar-refractivity contribution in [2.45, 2.75) is 12.5 Å². The number of rotatable bonds is 0. The Balaban J connectivity index is 1.90. The lowest BCUT2D eigenvalue weighted by Crippen LogP contribution is -2.43. The van der Waals surface area contributed by atoms with Crippen molar-refractivity contribution >= 4 is 0 Å². The largest absolute Gasteiger partial charge is 0.497 e. The van der Waals surface area contributed by atoms with Crippen LogP contribution in [0.2, 0.25) is 0 Å². The average Bonchev–Trinajstić information content (AvgIpc) is 2.65. The van der Waals surface area contributed by atoms with Crippen LogP contribution in [-0.2, 0) is 4.74 Å². The number of allylic oxidation sites excluding steroid dienone is 3. The van der Waals surface area contributed by atoms with E-state index in [1.54, 1.807) is 0 Å². The second-order valence-electron chi connectivity index (χ2n) is 3.87. The summed E-state index contributed by atoms with van der Waals surface area (Å²) in [4.78, 5) is 0. The van der Waals surface area contributed by atoms with Crippen molar-refractivity contribution in [2.24, 2.45) is 11.8 Å². The van der Waals surface area contributed by atoms with Crippen molar-refractivity contribution < 1.29 is 4.74 Å². The van der Waals surface area contributed by atoms with E-state index in [9.17, 15) is 0 Å². The fraction of sp³-hybridized carbons (Fsp3) is 0.455. The van der Waals surface area contributed by atoms with E-state index in [0.29, 0.717) is 17.9 Å². The van der Waals surface area contributed by atoms with E-state index in [2.05, 4.69) is 29.6 Å². The molecule has 0 aromatic carbocycles. The number of nitrogens with one attached hydrogen (secondary N) is 1. The summed E-state index contributed by atoms with van der Waals surface area (Å²) in [7, 11) is 0. The molecule has 3 atom stereocenters. The van der Waals surface area contributed by atoms with Gasteiger partial charge in [-0.2, -0.15) is 0 Å². The van der Waals surface area contributed by atoms with Gasteiger partial charge in [-0.05, 0) is 18.6 Å². The van der Waals surface area contributed by atoms with Crippen LogP contribution in [0.4, 0.5) is 0 Å². The molecule has 1 fully saturated rings. The summed E-state index contributed by atoms with van der Waals surface area (Å²) >= 11 is 0. The molecule has 0 amide bonds. The molecule has 0 aromatic rings. The number of hydrogen-bond donors (Lipinski definition) is 1. The highest BCUT2D eigenvalue weighted by Gasteiger charge is 2.38. The van der Waals surface area contributed by atoms with Crippen molar-refractivity contribution in [3.8, 4) is 0 Å². The topological polar surface area (TPSA) is 21.3 Å². The second kappa shape index (κ2) is 2.66. The molecule has 2 heterocycles. The molecule has 2 heteroatoms. The van der Waals surface area contributed by atoms with Gasteiger partial charge in [-0.15, -0.1) is 0 Å². The first-order chi connectivity index (χ1) is 6.45. The van der Waals surface area contributed by atoms with E-state index >= 15 is 0 Å². The van der Waals surface area contributed by atoms with Gasteiger partial charge in [0.05, 0.1) is 6.26 Å². The van der Waals surface area contributed by atoms with Gasteiger partial charge < -0.3 is 10.1 Å². The molecule has 3 aliphatic rings. The molecule has 0 aromatic heterocycles. The van der Waals surface area contributed by atoms with Gasteiger partial charge in [-0.1, -0.05) is 12.2 Å². The molecule has 68 valence electrons. The van der Waals surface area contributed by atoms with Crippen LogP contribution in [0.15, 0.2) is 36.3 Å². The molecule has 3 rings (SSSR count). The number of fused-ring (bicyclic) bond motifs is 3. The van der Waals surface area contributed by atoms with Gasteiger partial charge in [-0.25, -0.2) is 0 Å². The fourth-order valence-corrected chi connectivity index (χ4v) is 2.41. The first-order valence-electron chi connectivity index (χ1n) is 4.88. The molecule has 2 aliphatic heterocycles. The summed E-state index contributed by atoms with van der Waals surface area (Å²) in [5, 5.41) is 3.47. The molecule has 3 unspecified atom stereocenters. The molecule has 1 aliphatic carbocycles. The molecule has 13 heavy (non-hydrogen) atoms. The van der Waals surface area contributed by atoms with Gasteiger partial charge in [0, 0.05) is 24.1 Å². The first kappa shape index (κ1) is 7.25. The molecule has 0 spiro atoms. The van der Waals surface area contributed by atoms with Gasteiger partial charge in [0.2, 0.25) is 0 Å². The summed E-state index contributed by atoms with van der Waals surface area (Å²) < 4.78 is 5.63. The van der Waals surface area contributed by atoms with Gasteiger partial charge >= 0.3 is 0 Å². The maximum atomic E-state index is 5.63. The van der Waals surface area contributed by atoms with E-state index in [-0.39, 0.29) is 0 Å². The van der Waals surface area contributed by atoms with E-state index in [0.717, 1.165) is 13.0 Å². The minimum Gasteiger partial charge on any atom is -0.497 e. The molecule has 0 bridgehead atoms. The molecule has 0 saturated carbocycles. The van der Waals surface area contributed by atoms with Crippen LogP contribution < -0.4 is 5.32 Å². The molecular weight excluding hydrogens is 162 g/mol. The Labute approximate surface area is 78.0 Å². The van der Waals surface area contributed by atoms with E-state index in [1.165, 1.54) is 5.70 Å². The highest BCUT2D eigenvalue weighted by atomic mass is 16.5. The van der Waals surface area contributed by atoms with Crippen LogP contribution >= 0.6 is 0 Å². The van der Waals surface area contributed by atoms with E-state index in [1.807, 2.05) is 6.26 Å². The number of piperidine rings is 1. The minimum atomic E-state index is 0.387. The molecule has 0 radical (unpaired) electrons. The predicted octanol–water partition coefficient (Wildman–Crippen LogP) is 1.58. The normalized spacial score (nSPS) is 40.0. The highest BCUT2D eigenvalue weighted by molar-refractivity contribution is 5.25. The van der Waals surface area contributed by atoms with Crippen LogP contribution in [0.5, 0.6) is 0 Å². The van der Waals surface area contributed by atoms with Crippen molar-refractivity contribution in [3.63, 3.8) is 0 Å². The standard InChI is InChI=1S/C11H13NO/c1-2-4-10-9(3-1)11-8(7-12-10)5-6-13-11/h1-2,4-6,8-9,11-12H,3,7H2. The van der Waals surface area contributed by atoms with Crippen LogP contribution in [0, 0.1) is 11.8 Å². The maximum Gasteiger partial charge on any atom is 0.114 e. The zero-order chi connectivity index (χ0) is 8.67. The Morgan fingerprint density at radius 1 is 1.46 bits per heavy atom. The Morgan fingerprint density at radius 2 is 2.46 bits per heavy atom.